The summed E-state index contributed by atoms with van der Waals surface area (Å²) in [4.78, 5) is 19.3. The van der Waals surface area contributed by atoms with E-state index in [1.54, 1.807) is 11.3 Å². The van der Waals surface area contributed by atoms with Gasteiger partial charge in [-0.1, -0.05) is 19.1 Å². The molecule has 0 aliphatic carbocycles. The predicted octanol–water partition coefficient (Wildman–Crippen LogP) is 3.89. The fourth-order valence-electron chi connectivity index (χ4n) is 3.12. The Hall–Kier alpha value is -1.81. The lowest BCUT2D eigenvalue weighted by Crippen LogP contribution is -2.48. The third-order valence-corrected chi connectivity index (χ3v) is 5.86. The highest BCUT2D eigenvalue weighted by molar-refractivity contribution is 7.14. The van der Waals surface area contributed by atoms with Gasteiger partial charge in [-0.05, 0) is 49.6 Å². The fourth-order valence-corrected chi connectivity index (χ4v) is 4.21. The van der Waals surface area contributed by atoms with E-state index in [4.69, 9.17) is 0 Å². The first kappa shape index (κ1) is 16.1. The normalized spacial score (nSPS) is 15.1. The SMILES string of the molecule is CCc1sc(C(=O)N2CCN(c3cccc(C)c3)CC2)cc1C. The minimum Gasteiger partial charge on any atom is -0.368 e. The number of piperazine rings is 1. The number of benzene rings is 1. The molecular weight excluding hydrogens is 304 g/mol. The van der Waals surface area contributed by atoms with Crippen molar-refractivity contribution in [1.82, 2.24) is 4.90 Å². The van der Waals surface area contributed by atoms with E-state index in [1.165, 1.54) is 21.7 Å². The van der Waals surface area contributed by atoms with Crippen molar-refractivity contribution >= 4 is 22.9 Å². The Kier molecular flexibility index (Phi) is 4.71. The van der Waals surface area contributed by atoms with Crippen LogP contribution in [0.25, 0.3) is 0 Å². The van der Waals surface area contributed by atoms with Crippen molar-refractivity contribution in [3.05, 3.63) is 51.2 Å². The molecule has 23 heavy (non-hydrogen) atoms. The van der Waals surface area contributed by atoms with Crippen LogP contribution in [0.4, 0.5) is 5.69 Å². The number of carbonyl (C=O) groups is 1. The summed E-state index contributed by atoms with van der Waals surface area (Å²) in [6.07, 6.45) is 1.00. The smallest absolute Gasteiger partial charge is 0.264 e. The maximum absolute atomic E-state index is 12.7. The van der Waals surface area contributed by atoms with Crippen LogP contribution in [0.1, 0.15) is 32.6 Å². The molecule has 1 aromatic heterocycles. The minimum atomic E-state index is 0.196. The second kappa shape index (κ2) is 6.75. The van der Waals surface area contributed by atoms with E-state index in [0.29, 0.717) is 0 Å². The van der Waals surface area contributed by atoms with Crippen LogP contribution in [0.5, 0.6) is 0 Å². The van der Waals surface area contributed by atoms with Crippen LogP contribution in [0, 0.1) is 13.8 Å². The number of amides is 1. The van der Waals surface area contributed by atoms with Crippen molar-refractivity contribution in [3.63, 3.8) is 0 Å². The third-order valence-electron chi connectivity index (χ3n) is 4.49. The molecule has 1 saturated heterocycles. The summed E-state index contributed by atoms with van der Waals surface area (Å²) in [7, 11) is 0. The zero-order valence-corrected chi connectivity index (χ0v) is 14.9. The summed E-state index contributed by atoms with van der Waals surface area (Å²) < 4.78 is 0. The standard InChI is InChI=1S/C19H24N2OS/c1-4-17-15(3)13-18(23-17)19(22)21-10-8-20(9-11-21)16-7-5-6-14(2)12-16/h5-7,12-13H,4,8-11H2,1-3H3. The second-order valence-electron chi connectivity index (χ2n) is 6.19. The zero-order chi connectivity index (χ0) is 16.4. The number of carbonyl (C=O) groups excluding carboxylic acids is 1. The van der Waals surface area contributed by atoms with Gasteiger partial charge >= 0.3 is 0 Å². The van der Waals surface area contributed by atoms with E-state index >= 15 is 0 Å². The Morgan fingerprint density at radius 3 is 2.48 bits per heavy atom. The molecule has 3 rings (SSSR count). The molecule has 4 heteroatoms. The van der Waals surface area contributed by atoms with Crippen molar-refractivity contribution in [2.45, 2.75) is 27.2 Å². The minimum absolute atomic E-state index is 0.196. The Labute approximate surface area is 142 Å². The summed E-state index contributed by atoms with van der Waals surface area (Å²) >= 11 is 1.66. The Morgan fingerprint density at radius 2 is 1.87 bits per heavy atom. The van der Waals surface area contributed by atoms with E-state index < -0.39 is 0 Å². The Balaban J connectivity index is 1.65. The van der Waals surface area contributed by atoms with Gasteiger partial charge in [0.15, 0.2) is 0 Å². The van der Waals surface area contributed by atoms with Crippen LogP contribution < -0.4 is 4.90 Å². The second-order valence-corrected chi connectivity index (χ2v) is 7.33. The average Bonchev–Trinajstić information content (AvgIpc) is 2.95. The van der Waals surface area contributed by atoms with Gasteiger partial charge in [0.05, 0.1) is 4.88 Å². The van der Waals surface area contributed by atoms with Crippen LogP contribution in [-0.4, -0.2) is 37.0 Å². The fraction of sp³-hybridized carbons (Fsp3) is 0.421. The van der Waals surface area contributed by atoms with E-state index in [2.05, 4.69) is 56.0 Å². The van der Waals surface area contributed by atoms with Crippen LogP contribution in [0.2, 0.25) is 0 Å². The molecule has 0 saturated carbocycles. The number of rotatable bonds is 3. The van der Waals surface area contributed by atoms with Crippen LogP contribution >= 0.6 is 11.3 Å². The van der Waals surface area contributed by atoms with Crippen LogP contribution in [-0.2, 0) is 6.42 Å². The zero-order valence-electron chi connectivity index (χ0n) is 14.1. The molecule has 0 spiro atoms. The van der Waals surface area contributed by atoms with E-state index in [1.807, 2.05) is 4.90 Å². The van der Waals surface area contributed by atoms with Gasteiger partial charge in [0, 0.05) is 36.7 Å². The number of thiophene rings is 1. The molecule has 0 bridgehead atoms. The molecule has 3 nitrogen and oxygen atoms in total. The number of hydrogen-bond donors (Lipinski definition) is 0. The van der Waals surface area contributed by atoms with Gasteiger partial charge in [-0.25, -0.2) is 0 Å². The lowest BCUT2D eigenvalue weighted by Gasteiger charge is -2.36. The maximum Gasteiger partial charge on any atom is 0.264 e. The molecule has 1 aromatic carbocycles. The summed E-state index contributed by atoms with van der Waals surface area (Å²) in [5, 5.41) is 0. The maximum atomic E-state index is 12.7. The summed E-state index contributed by atoms with van der Waals surface area (Å²) in [6, 6.07) is 10.6. The first-order chi connectivity index (χ1) is 11.1. The van der Waals surface area contributed by atoms with Gasteiger partial charge in [-0.3, -0.25) is 4.79 Å². The Morgan fingerprint density at radius 1 is 1.13 bits per heavy atom. The number of aryl methyl sites for hydroxylation is 3. The van der Waals surface area contributed by atoms with E-state index in [0.717, 1.165) is 37.5 Å². The Bertz CT molecular complexity index is 699. The largest absolute Gasteiger partial charge is 0.368 e. The van der Waals surface area contributed by atoms with Gasteiger partial charge in [0.25, 0.3) is 5.91 Å². The van der Waals surface area contributed by atoms with Crippen molar-refractivity contribution in [3.8, 4) is 0 Å². The molecule has 2 aromatic rings. The predicted molar refractivity (Wildman–Crippen MR) is 97.7 cm³/mol. The van der Waals surface area contributed by atoms with Gasteiger partial charge in [0.1, 0.15) is 0 Å². The molecule has 0 N–H and O–H groups in total. The number of hydrogen-bond acceptors (Lipinski definition) is 3. The van der Waals surface area contributed by atoms with Crippen molar-refractivity contribution < 1.29 is 4.79 Å². The van der Waals surface area contributed by atoms with E-state index in [-0.39, 0.29) is 5.91 Å². The summed E-state index contributed by atoms with van der Waals surface area (Å²) in [6.45, 7) is 9.76. The van der Waals surface area contributed by atoms with Crippen LogP contribution in [0.15, 0.2) is 30.3 Å². The molecule has 2 heterocycles. The van der Waals surface area contributed by atoms with Gasteiger partial charge in [0.2, 0.25) is 0 Å². The highest BCUT2D eigenvalue weighted by Gasteiger charge is 2.23. The summed E-state index contributed by atoms with van der Waals surface area (Å²) in [5.74, 6) is 0.196. The van der Waals surface area contributed by atoms with Gasteiger partial charge < -0.3 is 9.80 Å². The first-order valence-corrected chi connectivity index (χ1v) is 9.10. The van der Waals surface area contributed by atoms with Crippen molar-refractivity contribution in [2.24, 2.45) is 0 Å². The average molecular weight is 328 g/mol. The van der Waals surface area contributed by atoms with Gasteiger partial charge in [-0.15, -0.1) is 11.3 Å². The molecule has 0 atom stereocenters. The van der Waals surface area contributed by atoms with Crippen molar-refractivity contribution in [2.75, 3.05) is 31.1 Å². The summed E-state index contributed by atoms with van der Waals surface area (Å²) in [5.41, 5.74) is 3.79. The molecule has 1 aliphatic heterocycles. The van der Waals surface area contributed by atoms with Crippen LogP contribution in [0.3, 0.4) is 0 Å². The first-order valence-electron chi connectivity index (χ1n) is 8.28. The van der Waals surface area contributed by atoms with E-state index in [9.17, 15) is 4.79 Å². The lowest BCUT2D eigenvalue weighted by molar-refractivity contribution is 0.0751. The molecule has 0 unspecified atom stereocenters. The quantitative estimate of drug-likeness (QED) is 0.853. The number of anilines is 1. The molecular formula is C19H24N2OS. The molecule has 1 aliphatic rings. The molecule has 1 amide bonds. The van der Waals surface area contributed by atoms with Gasteiger partial charge in [-0.2, -0.15) is 0 Å². The monoisotopic (exact) mass is 328 g/mol. The highest BCUT2D eigenvalue weighted by atomic mass is 32.1. The van der Waals surface area contributed by atoms with Crippen molar-refractivity contribution in [1.29, 1.82) is 0 Å². The molecule has 122 valence electrons. The molecule has 1 fully saturated rings. The molecule has 0 radical (unpaired) electrons. The topological polar surface area (TPSA) is 23.6 Å². The highest BCUT2D eigenvalue weighted by Crippen LogP contribution is 2.25. The number of nitrogens with zero attached hydrogens (tertiary/aromatic N) is 2. The third kappa shape index (κ3) is 3.42. The lowest BCUT2D eigenvalue weighted by atomic mass is 10.2.